The summed E-state index contributed by atoms with van der Waals surface area (Å²) in [6, 6.07) is 17.1. The lowest BCUT2D eigenvalue weighted by atomic mass is 10.1. The maximum atomic E-state index is 3.87. The summed E-state index contributed by atoms with van der Waals surface area (Å²) in [7, 11) is 2.16. The van der Waals surface area contributed by atoms with E-state index in [4.69, 9.17) is 0 Å². The van der Waals surface area contributed by atoms with Crippen molar-refractivity contribution in [1.29, 1.82) is 0 Å². The Labute approximate surface area is 187 Å². The molecule has 0 aliphatic rings. The highest BCUT2D eigenvalue weighted by molar-refractivity contribution is 5.55. The highest BCUT2D eigenvalue weighted by Crippen LogP contribution is 2.18. The minimum absolute atomic E-state index is 0.978. The van der Waals surface area contributed by atoms with Crippen LogP contribution in [-0.2, 0) is 12.8 Å². The average molecular weight is 411 g/mol. The summed E-state index contributed by atoms with van der Waals surface area (Å²) in [4.78, 5) is 2.33. The molecule has 0 bridgehead atoms. The Morgan fingerprint density at radius 1 is 1.03 bits per heavy atom. The molecule has 30 heavy (non-hydrogen) atoms. The van der Waals surface area contributed by atoms with Crippen LogP contribution in [0.2, 0.25) is 0 Å². The van der Waals surface area contributed by atoms with Crippen LogP contribution in [0.25, 0.3) is 0 Å². The molecule has 0 spiro atoms. The fourth-order valence-electron chi connectivity index (χ4n) is 2.44. The van der Waals surface area contributed by atoms with Gasteiger partial charge in [0.15, 0.2) is 0 Å². The predicted octanol–water partition coefficient (Wildman–Crippen LogP) is 7.90. The quantitative estimate of drug-likeness (QED) is 0.467. The smallest absolute Gasteiger partial charge is 0.0411 e. The first kappa shape index (κ1) is 29.9. The van der Waals surface area contributed by atoms with Gasteiger partial charge in [-0.15, -0.1) is 6.58 Å². The molecule has 168 valence electrons. The summed E-state index contributed by atoms with van der Waals surface area (Å²) in [5.74, 6) is 0. The van der Waals surface area contributed by atoms with E-state index < -0.39 is 0 Å². The molecule has 1 N–H and O–H groups in total. The molecule has 0 heterocycles. The van der Waals surface area contributed by atoms with Crippen molar-refractivity contribution in [3.05, 3.63) is 90.2 Å². The van der Waals surface area contributed by atoms with Gasteiger partial charge in [0, 0.05) is 17.9 Å². The Balaban J connectivity index is 0. The SMILES string of the molecule is C=C(C)Nc1ccc(CCN(C)CC)cc1C.C=CC.CC.CCc1ccccc1. The van der Waals surface area contributed by atoms with Crippen LogP contribution >= 0.6 is 0 Å². The molecule has 0 aliphatic heterocycles. The Morgan fingerprint density at radius 3 is 2.00 bits per heavy atom. The molecule has 0 amide bonds. The minimum Gasteiger partial charge on any atom is -0.360 e. The van der Waals surface area contributed by atoms with Gasteiger partial charge in [-0.3, -0.25) is 0 Å². The van der Waals surface area contributed by atoms with Crippen LogP contribution in [-0.4, -0.2) is 25.0 Å². The number of allylic oxidation sites excluding steroid dienone is 2. The van der Waals surface area contributed by atoms with Gasteiger partial charge in [-0.05, 0) is 70.0 Å². The second kappa shape index (κ2) is 20.0. The molecule has 2 rings (SSSR count). The third kappa shape index (κ3) is 15.6. The van der Waals surface area contributed by atoms with Crippen LogP contribution in [0.3, 0.4) is 0 Å². The number of likely N-dealkylation sites (N-methyl/N-ethyl adjacent to an activating group) is 1. The molecule has 2 aromatic rings. The van der Waals surface area contributed by atoms with Gasteiger partial charge >= 0.3 is 0 Å². The van der Waals surface area contributed by atoms with Gasteiger partial charge in [-0.2, -0.15) is 0 Å². The monoisotopic (exact) mass is 410 g/mol. The molecule has 0 radical (unpaired) electrons. The third-order valence-corrected chi connectivity index (χ3v) is 4.21. The maximum Gasteiger partial charge on any atom is 0.0411 e. The Kier molecular flexibility index (Phi) is 19.9. The minimum atomic E-state index is 0.978. The van der Waals surface area contributed by atoms with Crippen LogP contribution in [0.1, 0.15) is 58.2 Å². The fourth-order valence-corrected chi connectivity index (χ4v) is 2.44. The molecular formula is C28H46N2. The Hall–Kier alpha value is -2.32. The van der Waals surface area contributed by atoms with Crippen molar-refractivity contribution < 1.29 is 0 Å². The molecule has 0 fully saturated rings. The number of benzene rings is 2. The summed E-state index contributed by atoms with van der Waals surface area (Å²) >= 11 is 0. The number of nitrogens with one attached hydrogen (secondary N) is 1. The molecule has 2 nitrogen and oxygen atoms in total. The van der Waals surface area contributed by atoms with Gasteiger partial charge in [-0.1, -0.05) is 82.8 Å². The molecule has 0 saturated carbocycles. The molecule has 0 aromatic heterocycles. The first-order valence-electron chi connectivity index (χ1n) is 11.2. The molecular weight excluding hydrogens is 364 g/mol. The maximum absolute atomic E-state index is 3.87. The van der Waals surface area contributed by atoms with E-state index in [1.54, 1.807) is 6.08 Å². The van der Waals surface area contributed by atoms with E-state index in [9.17, 15) is 0 Å². The van der Waals surface area contributed by atoms with Crippen molar-refractivity contribution in [2.75, 3.05) is 25.5 Å². The summed E-state index contributed by atoms with van der Waals surface area (Å²) in [6.07, 6.45) is 4.00. The molecule has 2 aromatic carbocycles. The molecule has 0 aliphatic carbocycles. The van der Waals surface area contributed by atoms with Gasteiger partial charge in [0.05, 0.1) is 0 Å². The van der Waals surface area contributed by atoms with Gasteiger partial charge < -0.3 is 10.2 Å². The van der Waals surface area contributed by atoms with Crippen LogP contribution in [0, 0.1) is 6.92 Å². The first-order valence-corrected chi connectivity index (χ1v) is 11.2. The lowest BCUT2D eigenvalue weighted by molar-refractivity contribution is 0.357. The predicted molar refractivity (Wildman–Crippen MR) is 140 cm³/mol. The summed E-state index contributed by atoms with van der Waals surface area (Å²) < 4.78 is 0. The zero-order valence-corrected chi connectivity index (χ0v) is 20.9. The number of aryl methyl sites for hydroxylation is 2. The second-order valence-electron chi connectivity index (χ2n) is 6.95. The van der Waals surface area contributed by atoms with Crippen molar-refractivity contribution in [2.24, 2.45) is 0 Å². The van der Waals surface area contributed by atoms with Crippen molar-refractivity contribution in [3.8, 4) is 0 Å². The zero-order valence-electron chi connectivity index (χ0n) is 20.9. The number of nitrogens with zero attached hydrogens (tertiary/aromatic N) is 1. The first-order chi connectivity index (χ1) is 14.4. The van der Waals surface area contributed by atoms with Crippen molar-refractivity contribution in [2.45, 2.75) is 61.3 Å². The second-order valence-corrected chi connectivity index (χ2v) is 6.95. The van der Waals surface area contributed by atoms with Crippen LogP contribution in [0.4, 0.5) is 5.69 Å². The number of anilines is 1. The average Bonchev–Trinajstić information content (AvgIpc) is 2.76. The summed E-state index contributed by atoms with van der Waals surface area (Å²) in [5, 5.41) is 3.27. The van der Waals surface area contributed by atoms with Crippen LogP contribution < -0.4 is 5.32 Å². The molecule has 2 heteroatoms. The molecule has 0 atom stereocenters. The van der Waals surface area contributed by atoms with E-state index in [-0.39, 0.29) is 0 Å². The van der Waals surface area contributed by atoms with E-state index in [1.165, 1.54) is 16.7 Å². The number of rotatable bonds is 7. The topological polar surface area (TPSA) is 15.3 Å². The standard InChI is InChI=1S/C15H24N2.C8H10.C3H6.C2H6/c1-6-17(5)10-9-14-7-8-15(13(4)11-14)16-12(2)3;1-2-8-6-4-3-5-7-8;1-3-2;1-2/h7-8,11,16H,2,6,9-10H2,1,3-5H3;3-7H,2H2,1H3;3H,1H2,2H3;1-2H3. The van der Waals surface area contributed by atoms with Crippen molar-refractivity contribution >= 4 is 5.69 Å². The third-order valence-electron chi connectivity index (χ3n) is 4.21. The fraction of sp³-hybridized carbons (Fsp3) is 0.429. The van der Waals surface area contributed by atoms with Gasteiger partial charge in [0.25, 0.3) is 0 Å². The normalized spacial score (nSPS) is 9.10. The Morgan fingerprint density at radius 2 is 1.60 bits per heavy atom. The summed E-state index contributed by atoms with van der Waals surface area (Å²) in [6.45, 7) is 23.8. The van der Waals surface area contributed by atoms with E-state index in [0.717, 1.165) is 37.3 Å². The Bertz CT molecular complexity index is 674. The van der Waals surface area contributed by atoms with E-state index in [2.05, 4.69) is 93.7 Å². The lowest BCUT2D eigenvalue weighted by Crippen LogP contribution is -2.20. The highest BCUT2D eigenvalue weighted by Gasteiger charge is 2.01. The molecule has 0 unspecified atom stereocenters. The van der Waals surface area contributed by atoms with Crippen LogP contribution in [0.5, 0.6) is 0 Å². The summed E-state index contributed by atoms with van der Waals surface area (Å²) in [5.41, 5.74) is 6.23. The van der Waals surface area contributed by atoms with Gasteiger partial charge in [-0.25, -0.2) is 0 Å². The van der Waals surface area contributed by atoms with E-state index in [0.29, 0.717) is 0 Å². The van der Waals surface area contributed by atoms with Crippen molar-refractivity contribution in [1.82, 2.24) is 4.90 Å². The van der Waals surface area contributed by atoms with E-state index in [1.807, 2.05) is 33.8 Å². The van der Waals surface area contributed by atoms with Gasteiger partial charge in [0.2, 0.25) is 0 Å². The zero-order chi connectivity index (χ0) is 23.4. The van der Waals surface area contributed by atoms with E-state index >= 15 is 0 Å². The number of hydrogen-bond donors (Lipinski definition) is 1. The van der Waals surface area contributed by atoms with Crippen molar-refractivity contribution in [3.63, 3.8) is 0 Å². The number of hydrogen-bond acceptors (Lipinski definition) is 2. The van der Waals surface area contributed by atoms with Gasteiger partial charge in [0.1, 0.15) is 0 Å². The highest BCUT2D eigenvalue weighted by atomic mass is 15.1. The lowest BCUT2D eigenvalue weighted by Gasteiger charge is -2.15. The molecule has 0 saturated heterocycles. The largest absolute Gasteiger partial charge is 0.360 e. The van der Waals surface area contributed by atoms with Crippen LogP contribution in [0.15, 0.2) is 73.5 Å².